The number of likely N-dealkylation sites (tertiary alicyclic amines) is 1. The van der Waals surface area contributed by atoms with Crippen LogP contribution in [-0.4, -0.2) is 29.4 Å². The molecule has 1 aliphatic rings. The van der Waals surface area contributed by atoms with Crippen molar-refractivity contribution in [2.75, 3.05) is 18.4 Å². The maximum absolute atomic E-state index is 3.60. The smallest absolute Gasteiger partial charge is 0.00900 e. The van der Waals surface area contributed by atoms with Crippen LogP contribution < -0.4 is 0 Å². The molecule has 0 aromatic carbocycles. The molecule has 1 aliphatic heterocycles. The largest absolute Gasteiger partial charge is 0.300 e. The molecule has 13 heavy (non-hydrogen) atoms. The van der Waals surface area contributed by atoms with Crippen LogP contribution in [0.2, 0.25) is 0 Å². The van der Waals surface area contributed by atoms with E-state index in [-0.39, 0.29) is 0 Å². The number of rotatable bonds is 3. The molecule has 1 heterocycles. The average Bonchev–Trinajstić information content (AvgIpc) is 2.16. The van der Waals surface area contributed by atoms with Crippen molar-refractivity contribution in [2.45, 2.75) is 39.7 Å². The van der Waals surface area contributed by atoms with E-state index < -0.39 is 0 Å². The van der Waals surface area contributed by atoms with Crippen LogP contribution >= 0.6 is 15.9 Å². The van der Waals surface area contributed by atoms with Crippen molar-refractivity contribution in [3.8, 4) is 0 Å². The third-order valence-corrected chi connectivity index (χ3v) is 4.23. The van der Waals surface area contributed by atoms with Crippen molar-refractivity contribution < 1.29 is 0 Å². The Morgan fingerprint density at radius 3 is 2.62 bits per heavy atom. The standard InChI is InChI=1S/C11H22BrN/c1-9(2)10(3)13-6-4-5-11(7-12)8-13/h9-11H,4-8H2,1-3H3. The van der Waals surface area contributed by atoms with Gasteiger partial charge in [0.2, 0.25) is 0 Å². The fourth-order valence-electron chi connectivity index (χ4n) is 2.01. The van der Waals surface area contributed by atoms with Gasteiger partial charge in [0.1, 0.15) is 0 Å². The normalized spacial score (nSPS) is 27.9. The van der Waals surface area contributed by atoms with Crippen LogP contribution in [0.15, 0.2) is 0 Å². The summed E-state index contributed by atoms with van der Waals surface area (Å²) in [5, 5.41) is 1.17. The van der Waals surface area contributed by atoms with Gasteiger partial charge in [-0.2, -0.15) is 0 Å². The van der Waals surface area contributed by atoms with Gasteiger partial charge < -0.3 is 4.90 Å². The zero-order valence-electron chi connectivity index (χ0n) is 9.09. The Bertz CT molecular complexity index is 147. The van der Waals surface area contributed by atoms with Gasteiger partial charge in [-0.15, -0.1) is 0 Å². The second-order valence-corrected chi connectivity index (χ2v) is 5.29. The van der Waals surface area contributed by atoms with Gasteiger partial charge in [-0.05, 0) is 38.1 Å². The zero-order valence-corrected chi connectivity index (χ0v) is 10.7. The summed E-state index contributed by atoms with van der Waals surface area (Å²) >= 11 is 3.60. The molecular formula is C11H22BrN. The maximum Gasteiger partial charge on any atom is 0.00900 e. The Morgan fingerprint density at radius 2 is 2.08 bits per heavy atom. The monoisotopic (exact) mass is 247 g/mol. The van der Waals surface area contributed by atoms with E-state index in [0.717, 1.165) is 17.9 Å². The highest BCUT2D eigenvalue weighted by atomic mass is 79.9. The summed E-state index contributed by atoms with van der Waals surface area (Å²) in [5.41, 5.74) is 0. The molecule has 0 aromatic heterocycles. The van der Waals surface area contributed by atoms with Gasteiger partial charge in [-0.1, -0.05) is 29.8 Å². The summed E-state index contributed by atoms with van der Waals surface area (Å²) in [5.74, 6) is 1.67. The van der Waals surface area contributed by atoms with Gasteiger partial charge in [0, 0.05) is 17.9 Å². The third kappa shape index (κ3) is 3.25. The maximum atomic E-state index is 3.60. The molecule has 1 saturated heterocycles. The Labute approximate surface area is 91.0 Å². The lowest BCUT2D eigenvalue weighted by Crippen LogP contribution is -2.43. The number of alkyl halides is 1. The lowest BCUT2D eigenvalue weighted by molar-refractivity contribution is 0.113. The van der Waals surface area contributed by atoms with Crippen molar-refractivity contribution in [1.82, 2.24) is 4.90 Å². The molecule has 0 aliphatic carbocycles. The van der Waals surface area contributed by atoms with Crippen LogP contribution in [-0.2, 0) is 0 Å². The topological polar surface area (TPSA) is 3.24 Å². The highest BCUT2D eigenvalue weighted by molar-refractivity contribution is 9.09. The fraction of sp³-hybridized carbons (Fsp3) is 1.00. The van der Waals surface area contributed by atoms with Crippen molar-refractivity contribution >= 4 is 15.9 Å². The van der Waals surface area contributed by atoms with Crippen LogP contribution in [0.5, 0.6) is 0 Å². The highest BCUT2D eigenvalue weighted by Gasteiger charge is 2.23. The van der Waals surface area contributed by atoms with Crippen molar-refractivity contribution in [1.29, 1.82) is 0 Å². The Kier molecular flexibility index (Phi) is 4.74. The second-order valence-electron chi connectivity index (χ2n) is 4.64. The first-order valence-corrected chi connectivity index (χ1v) is 6.57. The quantitative estimate of drug-likeness (QED) is 0.693. The van der Waals surface area contributed by atoms with Gasteiger partial charge in [0.25, 0.3) is 0 Å². The fourth-order valence-corrected chi connectivity index (χ4v) is 2.54. The van der Waals surface area contributed by atoms with Gasteiger partial charge in [0.05, 0.1) is 0 Å². The predicted molar refractivity (Wildman–Crippen MR) is 62.4 cm³/mol. The number of hydrogen-bond donors (Lipinski definition) is 0. The summed E-state index contributed by atoms with van der Waals surface area (Å²) in [6.45, 7) is 9.61. The van der Waals surface area contributed by atoms with Gasteiger partial charge in [-0.25, -0.2) is 0 Å². The number of piperidine rings is 1. The molecule has 1 nitrogen and oxygen atoms in total. The average molecular weight is 248 g/mol. The lowest BCUT2D eigenvalue weighted by Gasteiger charge is -2.38. The molecule has 2 heteroatoms. The first kappa shape index (κ1) is 11.5. The molecule has 1 rings (SSSR count). The van der Waals surface area contributed by atoms with E-state index in [2.05, 4.69) is 41.6 Å². The molecule has 1 fully saturated rings. The van der Waals surface area contributed by atoms with Crippen molar-refractivity contribution in [3.63, 3.8) is 0 Å². The number of nitrogens with zero attached hydrogens (tertiary/aromatic N) is 1. The van der Waals surface area contributed by atoms with E-state index in [9.17, 15) is 0 Å². The van der Waals surface area contributed by atoms with Gasteiger partial charge in [0.15, 0.2) is 0 Å². The number of halogens is 1. The summed E-state index contributed by atoms with van der Waals surface area (Å²) in [4.78, 5) is 2.65. The minimum Gasteiger partial charge on any atom is -0.300 e. The van der Waals surface area contributed by atoms with E-state index in [1.54, 1.807) is 0 Å². The molecular weight excluding hydrogens is 226 g/mol. The second kappa shape index (κ2) is 5.35. The summed E-state index contributed by atoms with van der Waals surface area (Å²) in [6, 6.07) is 0.752. The summed E-state index contributed by atoms with van der Waals surface area (Å²) < 4.78 is 0. The zero-order chi connectivity index (χ0) is 9.84. The molecule has 2 unspecified atom stereocenters. The Morgan fingerprint density at radius 1 is 1.38 bits per heavy atom. The van der Waals surface area contributed by atoms with E-state index in [0.29, 0.717) is 0 Å². The molecule has 0 amide bonds. The SMILES string of the molecule is CC(C)C(C)N1CCCC(CBr)C1. The minimum atomic E-state index is 0.752. The van der Waals surface area contributed by atoms with Crippen molar-refractivity contribution in [2.24, 2.45) is 11.8 Å². The molecule has 0 aromatic rings. The van der Waals surface area contributed by atoms with E-state index in [1.165, 1.54) is 31.3 Å². The third-order valence-electron chi connectivity index (χ3n) is 3.31. The molecule has 0 N–H and O–H groups in total. The van der Waals surface area contributed by atoms with E-state index >= 15 is 0 Å². The number of hydrogen-bond acceptors (Lipinski definition) is 1. The molecule has 0 saturated carbocycles. The van der Waals surface area contributed by atoms with Gasteiger partial charge in [-0.3, -0.25) is 0 Å². The Balaban J connectivity index is 2.41. The van der Waals surface area contributed by atoms with E-state index in [1.807, 2.05) is 0 Å². The molecule has 0 radical (unpaired) electrons. The first-order chi connectivity index (χ1) is 6.15. The predicted octanol–water partition coefficient (Wildman–Crippen LogP) is 3.14. The summed E-state index contributed by atoms with van der Waals surface area (Å²) in [7, 11) is 0. The van der Waals surface area contributed by atoms with Crippen LogP contribution in [0.4, 0.5) is 0 Å². The van der Waals surface area contributed by atoms with Crippen LogP contribution in [0.25, 0.3) is 0 Å². The van der Waals surface area contributed by atoms with Crippen LogP contribution in [0, 0.1) is 11.8 Å². The van der Waals surface area contributed by atoms with Crippen LogP contribution in [0.3, 0.4) is 0 Å². The molecule has 2 atom stereocenters. The molecule has 0 spiro atoms. The molecule has 0 bridgehead atoms. The first-order valence-electron chi connectivity index (χ1n) is 5.45. The van der Waals surface area contributed by atoms with Gasteiger partial charge >= 0.3 is 0 Å². The van der Waals surface area contributed by atoms with E-state index in [4.69, 9.17) is 0 Å². The minimum absolute atomic E-state index is 0.752. The summed E-state index contributed by atoms with van der Waals surface area (Å²) in [6.07, 6.45) is 2.79. The Hall–Kier alpha value is 0.440. The lowest BCUT2D eigenvalue weighted by atomic mass is 9.96. The van der Waals surface area contributed by atoms with Crippen molar-refractivity contribution in [3.05, 3.63) is 0 Å². The van der Waals surface area contributed by atoms with Crippen LogP contribution in [0.1, 0.15) is 33.6 Å². The highest BCUT2D eigenvalue weighted by Crippen LogP contribution is 2.22. The molecule has 78 valence electrons.